The van der Waals surface area contributed by atoms with E-state index in [1.165, 1.54) is 186 Å². The fraction of sp³-hybridized carbons (Fsp3) is 0.757. The van der Waals surface area contributed by atoms with Crippen LogP contribution in [0.15, 0.2) is 85.1 Å². The van der Waals surface area contributed by atoms with Gasteiger partial charge in [-0.2, -0.15) is 0 Å². The Balaban J connectivity index is 4.26. The molecule has 0 aromatic rings. The number of rotatable bonds is 59. The molecule has 0 fully saturated rings. The quantitative estimate of drug-likeness (QED) is 0.0261. The molecule has 6 heteroatoms. The van der Waals surface area contributed by atoms with Crippen molar-refractivity contribution in [1.29, 1.82) is 0 Å². The van der Waals surface area contributed by atoms with Gasteiger partial charge in [0.15, 0.2) is 6.10 Å². The Morgan fingerprint density at radius 2 is 0.553 bits per heavy atom. The van der Waals surface area contributed by atoms with Crippen LogP contribution in [0.5, 0.6) is 0 Å². The van der Waals surface area contributed by atoms with Crippen LogP contribution in [0, 0.1) is 0 Å². The lowest BCUT2D eigenvalue weighted by molar-refractivity contribution is -0.166. The predicted octanol–water partition coefficient (Wildman–Crippen LogP) is 22.3. The summed E-state index contributed by atoms with van der Waals surface area (Å²) < 4.78 is 16.8. The molecule has 76 heavy (non-hydrogen) atoms. The molecule has 0 spiro atoms. The number of hydrogen-bond acceptors (Lipinski definition) is 6. The third-order valence-electron chi connectivity index (χ3n) is 14.1. The first kappa shape index (κ1) is 72.6. The molecule has 0 bridgehead atoms. The molecule has 6 nitrogen and oxygen atoms in total. The molecule has 0 radical (unpaired) electrons. The minimum absolute atomic E-state index is 0.107. The lowest BCUT2D eigenvalue weighted by Gasteiger charge is -2.18. The second-order valence-electron chi connectivity index (χ2n) is 21.6. The second kappa shape index (κ2) is 64.1. The zero-order valence-electron chi connectivity index (χ0n) is 50.3. The largest absolute Gasteiger partial charge is 0.462 e. The number of carbonyl (C=O) groups is 3. The van der Waals surface area contributed by atoms with E-state index < -0.39 is 12.1 Å². The Kier molecular flexibility index (Phi) is 61.2. The molecule has 0 rings (SSSR count). The van der Waals surface area contributed by atoms with Gasteiger partial charge in [0, 0.05) is 19.3 Å². The third-order valence-corrected chi connectivity index (χ3v) is 14.1. The van der Waals surface area contributed by atoms with Crippen LogP contribution >= 0.6 is 0 Å². The van der Waals surface area contributed by atoms with Gasteiger partial charge in [-0.15, -0.1) is 0 Å². The van der Waals surface area contributed by atoms with Crippen molar-refractivity contribution in [3.05, 3.63) is 85.1 Å². The Morgan fingerprint density at radius 1 is 0.276 bits per heavy atom. The van der Waals surface area contributed by atoms with Crippen LogP contribution in [0.4, 0.5) is 0 Å². The molecule has 0 aliphatic rings. The maximum Gasteiger partial charge on any atom is 0.306 e. The van der Waals surface area contributed by atoms with Crippen molar-refractivity contribution in [2.24, 2.45) is 0 Å². The molecular weight excluding hydrogens is 937 g/mol. The van der Waals surface area contributed by atoms with Crippen LogP contribution < -0.4 is 0 Å². The van der Waals surface area contributed by atoms with Gasteiger partial charge >= 0.3 is 17.9 Å². The average Bonchev–Trinajstić information content (AvgIpc) is 3.42. The van der Waals surface area contributed by atoms with Gasteiger partial charge < -0.3 is 14.2 Å². The van der Waals surface area contributed by atoms with Crippen LogP contribution in [0.25, 0.3) is 0 Å². The average molecular weight is 1060 g/mol. The summed E-state index contributed by atoms with van der Waals surface area (Å²) in [4.78, 5) is 38.2. The summed E-state index contributed by atoms with van der Waals surface area (Å²) in [6.45, 7) is 6.45. The van der Waals surface area contributed by atoms with Crippen molar-refractivity contribution in [3.63, 3.8) is 0 Å². The van der Waals surface area contributed by atoms with Crippen molar-refractivity contribution in [3.8, 4) is 0 Å². The van der Waals surface area contributed by atoms with E-state index in [-0.39, 0.29) is 31.6 Å². The highest BCUT2D eigenvalue weighted by Gasteiger charge is 2.19. The maximum atomic E-state index is 12.8. The zero-order valence-corrected chi connectivity index (χ0v) is 50.3. The molecule has 0 aromatic heterocycles. The van der Waals surface area contributed by atoms with Gasteiger partial charge in [0.1, 0.15) is 13.2 Å². The fourth-order valence-electron chi connectivity index (χ4n) is 9.28. The Bertz CT molecular complexity index is 1450. The van der Waals surface area contributed by atoms with Crippen LogP contribution in [0.2, 0.25) is 0 Å². The van der Waals surface area contributed by atoms with E-state index in [9.17, 15) is 14.4 Å². The first-order valence-electron chi connectivity index (χ1n) is 32.6. The van der Waals surface area contributed by atoms with Crippen LogP contribution in [-0.2, 0) is 28.6 Å². The number of unbranched alkanes of at least 4 members (excludes halogenated alkanes) is 34. The molecule has 0 aliphatic carbocycles. The summed E-state index contributed by atoms with van der Waals surface area (Å²) >= 11 is 0. The fourth-order valence-corrected chi connectivity index (χ4v) is 9.28. The first-order chi connectivity index (χ1) is 37.5. The van der Waals surface area contributed by atoms with E-state index >= 15 is 0 Å². The number of carbonyl (C=O) groups excluding carboxylic acids is 3. The Labute approximate surface area is 471 Å². The molecule has 0 aromatic carbocycles. The summed E-state index contributed by atoms with van der Waals surface area (Å²) in [5.41, 5.74) is 0. The SMILES string of the molecule is CC/C=C\C/C=C\C/C=C\C/C=C\C/C=C\C/C=C\CCC(=O)OC(COC(=O)CCCCCCC/C=C\CCCC)COC(=O)CCCCCCCCCCCCCCCCCCCCCCCCCCCCCC. The van der Waals surface area contributed by atoms with Gasteiger partial charge in [0.25, 0.3) is 0 Å². The van der Waals surface area contributed by atoms with Crippen molar-refractivity contribution < 1.29 is 28.6 Å². The molecule has 0 heterocycles. The zero-order chi connectivity index (χ0) is 55.0. The van der Waals surface area contributed by atoms with E-state index in [0.29, 0.717) is 19.3 Å². The minimum Gasteiger partial charge on any atom is -0.462 e. The second-order valence-corrected chi connectivity index (χ2v) is 21.6. The van der Waals surface area contributed by atoms with Crippen molar-refractivity contribution in [2.75, 3.05) is 13.2 Å². The van der Waals surface area contributed by atoms with Crippen molar-refractivity contribution in [1.82, 2.24) is 0 Å². The number of esters is 3. The van der Waals surface area contributed by atoms with Crippen molar-refractivity contribution in [2.45, 2.75) is 329 Å². The minimum atomic E-state index is -0.820. The third kappa shape index (κ3) is 61.4. The van der Waals surface area contributed by atoms with Crippen LogP contribution in [0.3, 0.4) is 0 Å². The number of hydrogen-bond donors (Lipinski definition) is 0. The smallest absolute Gasteiger partial charge is 0.306 e. The molecule has 0 saturated carbocycles. The summed E-state index contributed by atoms with van der Waals surface area (Å²) in [5.74, 6) is -0.991. The monoisotopic (exact) mass is 1060 g/mol. The standard InChI is InChI=1S/C70H122O6/c1-4-7-10-13-16-19-22-24-26-28-30-31-32-33-34-35-36-37-38-40-41-43-45-48-51-54-57-60-63-69(72)75-66-67(65-74-68(71)62-59-56-53-50-47-21-18-15-12-9-6-3)76-70(73)64-61-58-55-52-49-46-44-42-39-29-27-25-23-20-17-14-11-8-5-2/h8,11,15,17-18,20,25,27,39,42,46,49,55,58,67H,4-7,9-10,12-14,16,19,21-24,26,28-38,40-41,43-45,47-48,50-54,56-57,59-66H2,1-3H3/b11-8-,18-15-,20-17-,27-25-,42-39-,49-46-,58-55-. The highest BCUT2D eigenvalue weighted by molar-refractivity contribution is 5.71. The molecule has 0 N–H and O–H groups in total. The topological polar surface area (TPSA) is 78.9 Å². The number of ether oxygens (including phenoxy) is 3. The summed E-state index contributed by atoms with van der Waals surface area (Å²) in [5, 5.41) is 0. The van der Waals surface area contributed by atoms with Gasteiger partial charge in [-0.3, -0.25) is 14.4 Å². The Morgan fingerprint density at radius 3 is 0.895 bits per heavy atom. The lowest BCUT2D eigenvalue weighted by atomic mass is 10.0. The van der Waals surface area contributed by atoms with E-state index in [0.717, 1.165) is 89.9 Å². The molecule has 1 atom stereocenters. The normalized spacial score (nSPS) is 12.6. The van der Waals surface area contributed by atoms with Gasteiger partial charge in [0.05, 0.1) is 0 Å². The van der Waals surface area contributed by atoms with Gasteiger partial charge in [-0.25, -0.2) is 0 Å². The summed E-state index contributed by atoms with van der Waals surface area (Å²) in [7, 11) is 0. The molecule has 1 unspecified atom stereocenters. The molecule has 0 aliphatic heterocycles. The molecule has 0 amide bonds. The van der Waals surface area contributed by atoms with Crippen LogP contribution in [0.1, 0.15) is 323 Å². The van der Waals surface area contributed by atoms with E-state index in [1.807, 2.05) is 6.08 Å². The summed E-state index contributed by atoms with van der Waals surface area (Å²) in [6, 6.07) is 0. The predicted molar refractivity (Wildman–Crippen MR) is 330 cm³/mol. The summed E-state index contributed by atoms with van der Waals surface area (Å²) in [6.07, 6.45) is 84.9. The maximum absolute atomic E-state index is 12.8. The lowest BCUT2D eigenvalue weighted by Crippen LogP contribution is -2.30. The van der Waals surface area contributed by atoms with Gasteiger partial charge in [-0.05, 0) is 77.0 Å². The molecule has 0 saturated heterocycles. The number of allylic oxidation sites excluding steroid dienone is 14. The molecular formula is C70H122O6. The highest BCUT2D eigenvalue weighted by atomic mass is 16.6. The molecule has 438 valence electrons. The Hall–Kier alpha value is -3.41. The van der Waals surface area contributed by atoms with E-state index in [4.69, 9.17) is 14.2 Å². The highest BCUT2D eigenvalue weighted by Crippen LogP contribution is 2.17. The first-order valence-corrected chi connectivity index (χ1v) is 32.6. The van der Waals surface area contributed by atoms with Gasteiger partial charge in [0.2, 0.25) is 0 Å². The van der Waals surface area contributed by atoms with Crippen LogP contribution in [-0.4, -0.2) is 37.2 Å². The van der Waals surface area contributed by atoms with Crippen molar-refractivity contribution >= 4 is 17.9 Å². The van der Waals surface area contributed by atoms with Gasteiger partial charge in [-0.1, -0.05) is 311 Å². The van der Waals surface area contributed by atoms with E-state index in [1.54, 1.807) is 0 Å². The van der Waals surface area contributed by atoms with E-state index in [2.05, 4.69) is 99.8 Å².